The fourth-order valence-corrected chi connectivity index (χ4v) is 3.49. The van der Waals surface area contributed by atoms with E-state index >= 15 is 0 Å². The van der Waals surface area contributed by atoms with Crippen LogP contribution in [-0.2, 0) is 24.3 Å². The predicted octanol–water partition coefficient (Wildman–Crippen LogP) is -0.154. The third-order valence-electron chi connectivity index (χ3n) is 3.71. The van der Waals surface area contributed by atoms with Gasteiger partial charge >= 0.3 is 5.97 Å². The molecular weight excluding hydrogens is 312 g/mol. The molecular formula is C13H24N2O6S. The molecule has 0 aromatic rings. The van der Waals surface area contributed by atoms with Crippen LogP contribution >= 0.6 is 0 Å². The topological polar surface area (TPSA) is 122 Å². The van der Waals surface area contributed by atoms with Crippen molar-refractivity contribution in [3.63, 3.8) is 0 Å². The maximum absolute atomic E-state index is 11.9. The molecule has 0 aliphatic heterocycles. The number of rotatable bonds is 9. The minimum Gasteiger partial charge on any atom is -0.480 e. The Kier molecular flexibility index (Phi) is 7.24. The van der Waals surface area contributed by atoms with Crippen molar-refractivity contribution >= 4 is 21.9 Å². The molecule has 9 heteroatoms. The normalized spacial score (nSPS) is 17.9. The Bertz CT molecular complexity index is 485. The van der Waals surface area contributed by atoms with Crippen LogP contribution in [0, 0.1) is 0 Å². The molecule has 1 rings (SSSR count). The summed E-state index contributed by atoms with van der Waals surface area (Å²) < 4.78 is 30.2. The van der Waals surface area contributed by atoms with E-state index in [9.17, 15) is 23.1 Å². The van der Waals surface area contributed by atoms with Crippen molar-refractivity contribution in [2.45, 2.75) is 44.1 Å². The first kappa shape index (κ1) is 18.9. The van der Waals surface area contributed by atoms with Crippen LogP contribution in [0.4, 0.5) is 0 Å². The molecule has 0 bridgehead atoms. The highest BCUT2D eigenvalue weighted by Gasteiger charge is 2.40. The van der Waals surface area contributed by atoms with Crippen molar-refractivity contribution in [3.05, 3.63) is 0 Å². The van der Waals surface area contributed by atoms with Gasteiger partial charge in [-0.25, -0.2) is 17.9 Å². The van der Waals surface area contributed by atoms with Gasteiger partial charge in [-0.15, -0.1) is 0 Å². The second kappa shape index (κ2) is 8.44. The van der Waals surface area contributed by atoms with Crippen molar-refractivity contribution in [1.29, 1.82) is 0 Å². The molecule has 1 aliphatic carbocycles. The summed E-state index contributed by atoms with van der Waals surface area (Å²) >= 11 is 0. The predicted molar refractivity (Wildman–Crippen MR) is 79.9 cm³/mol. The molecule has 3 N–H and O–H groups in total. The van der Waals surface area contributed by atoms with Gasteiger partial charge < -0.3 is 15.2 Å². The monoisotopic (exact) mass is 336 g/mol. The van der Waals surface area contributed by atoms with Crippen LogP contribution in [0.1, 0.15) is 38.5 Å². The van der Waals surface area contributed by atoms with E-state index in [4.69, 9.17) is 4.74 Å². The van der Waals surface area contributed by atoms with Crippen LogP contribution in [0.25, 0.3) is 0 Å². The van der Waals surface area contributed by atoms with Gasteiger partial charge in [0.2, 0.25) is 15.9 Å². The molecule has 1 amide bonds. The van der Waals surface area contributed by atoms with Gasteiger partial charge in [-0.2, -0.15) is 0 Å². The summed E-state index contributed by atoms with van der Waals surface area (Å²) in [4.78, 5) is 23.3. The molecule has 0 saturated heterocycles. The third-order valence-corrected chi connectivity index (χ3v) is 5.12. The Labute approximate surface area is 130 Å². The summed E-state index contributed by atoms with van der Waals surface area (Å²) in [6.07, 6.45) is 3.47. The molecule has 1 aliphatic rings. The van der Waals surface area contributed by atoms with Gasteiger partial charge in [0.1, 0.15) is 5.54 Å². The number of carboxylic acids is 1. The Morgan fingerprint density at radius 3 is 2.41 bits per heavy atom. The summed E-state index contributed by atoms with van der Waals surface area (Å²) in [5.41, 5.74) is -1.27. The Hall–Kier alpha value is -1.19. The molecule has 8 nitrogen and oxygen atoms in total. The molecule has 0 heterocycles. The molecule has 0 unspecified atom stereocenters. The van der Waals surface area contributed by atoms with Crippen molar-refractivity contribution in [1.82, 2.24) is 10.0 Å². The first-order valence-electron chi connectivity index (χ1n) is 7.32. The van der Waals surface area contributed by atoms with Crippen LogP contribution in [0.15, 0.2) is 0 Å². The maximum atomic E-state index is 11.9. The number of nitrogens with one attached hydrogen (secondary N) is 2. The van der Waals surface area contributed by atoms with Gasteiger partial charge in [-0.1, -0.05) is 19.3 Å². The van der Waals surface area contributed by atoms with E-state index in [1.54, 1.807) is 0 Å². The quantitative estimate of drug-likeness (QED) is 0.503. The van der Waals surface area contributed by atoms with Crippen molar-refractivity contribution < 1.29 is 27.9 Å². The molecule has 0 aromatic heterocycles. The van der Waals surface area contributed by atoms with Gasteiger partial charge in [-0.05, 0) is 19.3 Å². The van der Waals surface area contributed by atoms with Crippen molar-refractivity contribution in [2.75, 3.05) is 26.0 Å². The number of ether oxygens (including phenoxy) is 1. The Morgan fingerprint density at radius 2 is 1.86 bits per heavy atom. The van der Waals surface area contributed by atoms with Gasteiger partial charge in [0.05, 0.1) is 12.3 Å². The summed E-state index contributed by atoms with van der Waals surface area (Å²) in [7, 11) is -2.09. The van der Waals surface area contributed by atoms with E-state index < -0.39 is 34.0 Å². The average molecular weight is 336 g/mol. The van der Waals surface area contributed by atoms with Crippen LogP contribution in [0.3, 0.4) is 0 Å². The lowest BCUT2D eigenvalue weighted by Gasteiger charge is -2.33. The van der Waals surface area contributed by atoms with E-state index in [-0.39, 0.29) is 5.75 Å². The number of sulfonamides is 1. The van der Waals surface area contributed by atoms with Crippen molar-refractivity contribution in [2.24, 2.45) is 0 Å². The minimum absolute atomic E-state index is 0.141. The molecule has 1 fully saturated rings. The van der Waals surface area contributed by atoms with Crippen LogP contribution in [0.2, 0.25) is 0 Å². The average Bonchev–Trinajstić information content (AvgIpc) is 2.46. The highest BCUT2D eigenvalue weighted by molar-refractivity contribution is 7.89. The molecule has 0 atom stereocenters. The molecule has 22 heavy (non-hydrogen) atoms. The largest absolute Gasteiger partial charge is 0.480 e. The first-order chi connectivity index (χ1) is 10.3. The van der Waals surface area contributed by atoms with Gasteiger partial charge in [0.25, 0.3) is 0 Å². The van der Waals surface area contributed by atoms with E-state index in [1.807, 2.05) is 0 Å². The van der Waals surface area contributed by atoms with Crippen molar-refractivity contribution in [3.8, 4) is 0 Å². The van der Waals surface area contributed by atoms with E-state index in [0.717, 1.165) is 19.3 Å². The Balaban J connectivity index is 2.49. The highest BCUT2D eigenvalue weighted by atomic mass is 32.2. The van der Waals surface area contributed by atoms with Gasteiger partial charge in [0.15, 0.2) is 0 Å². The summed E-state index contributed by atoms with van der Waals surface area (Å²) in [6.45, 7) is -0.139. The number of hydrogen-bond donors (Lipinski definition) is 3. The zero-order valence-electron chi connectivity index (χ0n) is 12.8. The molecule has 0 radical (unpaired) electrons. The van der Waals surface area contributed by atoms with E-state index in [2.05, 4.69) is 10.0 Å². The fourth-order valence-electron chi connectivity index (χ4n) is 2.50. The third kappa shape index (κ3) is 5.90. The number of hydrogen-bond acceptors (Lipinski definition) is 5. The number of methoxy groups -OCH3 is 1. The first-order valence-corrected chi connectivity index (χ1v) is 8.97. The summed E-state index contributed by atoms with van der Waals surface area (Å²) in [5, 5.41) is 11.8. The van der Waals surface area contributed by atoms with Gasteiger partial charge in [-0.3, -0.25) is 4.79 Å². The summed E-state index contributed by atoms with van der Waals surface area (Å²) in [6, 6.07) is 0. The fraction of sp³-hybridized carbons (Fsp3) is 0.846. The second-order valence-corrected chi connectivity index (χ2v) is 7.41. The van der Waals surface area contributed by atoms with Gasteiger partial charge in [0, 0.05) is 13.7 Å². The number of aliphatic carboxylic acids is 1. The number of carbonyl (C=O) groups is 2. The molecule has 1 saturated carbocycles. The van der Waals surface area contributed by atoms with Crippen LogP contribution in [-0.4, -0.2) is 57.0 Å². The zero-order chi connectivity index (χ0) is 16.6. The maximum Gasteiger partial charge on any atom is 0.329 e. The second-order valence-electron chi connectivity index (χ2n) is 5.48. The lowest BCUT2D eigenvalue weighted by atomic mass is 9.81. The summed E-state index contributed by atoms with van der Waals surface area (Å²) in [5.74, 6) is -1.83. The number of carboxylic acid groups (broad SMARTS) is 1. The molecule has 128 valence electrons. The van der Waals surface area contributed by atoms with E-state index in [1.165, 1.54) is 7.11 Å². The number of amides is 1. The standard InChI is InChI=1S/C13H24N2O6S/c1-21-8-5-9-22(19,20)14-10-11(16)15-13(12(17)18)6-3-2-4-7-13/h14H,2-10H2,1H3,(H,15,16)(H,17,18). The van der Waals surface area contributed by atoms with E-state index in [0.29, 0.717) is 25.9 Å². The smallest absolute Gasteiger partial charge is 0.329 e. The molecule has 0 spiro atoms. The highest BCUT2D eigenvalue weighted by Crippen LogP contribution is 2.28. The minimum atomic E-state index is -3.57. The van der Waals surface area contributed by atoms with Crippen LogP contribution < -0.4 is 10.0 Å². The number of carbonyl (C=O) groups excluding carboxylic acids is 1. The zero-order valence-corrected chi connectivity index (χ0v) is 13.6. The lowest BCUT2D eigenvalue weighted by molar-refractivity contribution is -0.149. The van der Waals surface area contributed by atoms with Crippen LogP contribution in [0.5, 0.6) is 0 Å². The molecule has 0 aromatic carbocycles. The SMILES string of the molecule is COCCCS(=O)(=O)NCC(=O)NC1(C(=O)O)CCCCC1. The lowest BCUT2D eigenvalue weighted by Crippen LogP contribution is -2.57. The Morgan fingerprint density at radius 1 is 1.23 bits per heavy atom.